The summed E-state index contributed by atoms with van der Waals surface area (Å²) in [5, 5.41) is 5.81. The molecule has 0 saturated heterocycles. The molecule has 0 saturated carbocycles. The van der Waals surface area contributed by atoms with Crippen molar-refractivity contribution in [3.8, 4) is 0 Å². The Morgan fingerprint density at radius 2 is 1.82 bits per heavy atom. The van der Waals surface area contributed by atoms with Crippen LogP contribution in [0.3, 0.4) is 0 Å². The molecule has 0 aliphatic carbocycles. The first-order valence-electron chi connectivity index (χ1n) is 7.25. The van der Waals surface area contributed by atoms with Gasteiger partial charge in [-0.05, 0) is 36.2 Å². The van der Waals surface area contributed by atoms with Crippen molar-refractivity contribution >= 4 is 27.6 Å². The zero-order chi connectivity index (χ0) is 16.2. The van der Waals surface area contributed by atoms with Crippen LogP contribution in [-0.2, 0) is 5.41 Å². The number of nitrogens with one attached hydrogen (secondary N) is 2. The highest BCUT2D eigenvalue weighted by atomic mass is 79.9. The van der Waals surface area contributed by atoms with E-state index >= 15 is 0 Å². The number of halogens is 1. The summed E-state index contributed by atoms with van der Waals surface area (Å²) in [7, 11) is 0. The largest absolute Gasteiger partial charge is 0.337 e. The highest BCUT2D eigenvalue weighted by Gasteiger charge is 2.21. The van der Waals surface area contributed by atoms with Crippen molar-refractivity contribution in [2.24, 2.45) is 0 Å². The van der Waals surface area contributed by atoms with Crippen LogP contribution in [-0.4, -0.2) is 12.6 Å². The number of benzene rings is 2. The lowest BCUT2D eigenvalue weighted by molar-refractivity contribution is 0.249. The van der Waals surface area contributed by atoms with Crippen LogP contribution in [0.5, 0.6) is 0 Å². The Hall–Kier alpha value is -1.81. The van der Waals surface area contributed by atoms with Gasteiger partial charge in [0.25, 0.3) is 0 Å². The van der Waals surface area contributed by atoms with Gasteiger partial charge in [0.15, 0.2) is 0 Å². The molecule has 2 aromatic rings. The average Bonchev–Trinajstić information content (AvgIpc) is 2.50. The molecule has 0 unspecified atom stereocenters. The van der Waals surface area contributed by atoms with Gasteiger partial charge in [0.1, 0.15) is 0 Å². The van der Waals surface area contributed by atoms with Gasteiger partial charge in [-0.2, -0.15) is 0 Å². The lowest BCUT2D eigenvalue weighted by Gasteiger charge is -2.25. The minimum absolute atomic E-state index is 0.117. The summed E-state index contributed by atoms with van der Waals surface area (Å²) in [5.74, 6) is 0. The molecule has 0 atom stereocenters. The fourth-order valence-electron chi connectivity index (χ4n) is 2.19. The van der Waals surface area contributed by atoms with Crippen LogP contribution < -0.4 is 10.6 Å². The minimum Gasteiger partial charge on any atom is -0.337 e. The molecule has 4 heteroatoms. The van der Waals surface area contributed by atoms with E-state index in [2.05, 4.69) is 52.5 Å². The third kappa shape index (κ3) is 4.34. The van der Waals surface area contributed by atoms with Gasteiger partial charge in [0.2, 0.25) is 0 Å². The monoisotopic (exact) mass is 360 g/mol. The van der Waals surface area contributed by atoms with Crippen molar-refractivity contribution in [1.82, 2.24) is 5.32 Å². The lowest BCUT2D eigenvalue weighted by atomic mass is 9.85. The summed E-state index contributed by atoms with van der Waals surface area (Å²) in [6.45, 7) is 6.79. The van der Waals surface area contributed by atoms with Crippen LogP contribution in [0.4, 0.5) is 10.5 Å². The molecule has 116 valence electrons. The molecule has 0 aromatic heterocycles. The summed E-state index contributed by atoms with van der Waals surface area (Å²) in [6.07, 6.45) is 0. The first-order chi connectivity index (χ1) is 10.4. The number of carbonyl (C=O) groups excluding carboxylic acids is 1. The summed E-state index contributed by atoms with van der Waals surface area (Å²) in [6, 6.07) is 15.7. The highest BCUT2D eigenvalue weighted by Crippen LogP contribution is 2.22. The third-order valence-corrected chi connectivity index (χ3v) is 4.55. The predicted octanol–water partition coefficient (Wildman–Crippen LogP) is 4.86. The number of rotatable bonds is 4. The van der Waals surface area contributed by atoms with Crippen LogP contribution in [0.1, 0.15) is 25.0 Å². The zero-order valence-corrected chi connectivity index (χ0v) is 14.7. The molecule has 0 heterocycles. The quantitative estimate of drug-likeness (QED) is 0.803. The number of amides is 2. The fraction of sp³-hybridized carbons (Fsp3) is 0.278. The molecule has 2 rings (SSSR count). The molecule has 3 nitrogen and oxygen atoms in total. The third-order valence-electron chi connectivity index (χ3n) is 3.66. The topological polar surface area (TPSA) is 41.1 Å². The second-order valence-electron chi connectivity index (χ2n) is 6.02. The molecule has 0 radical (unpaired) electrons. The van der Waals surface area contributed by atoms with E-state index in [0.717, 1.165) is 15.7 Å². The van der Waals surface area contributed by atoms with Crippen molar-refractivity contribution in [2.45, 2.75) is 26.2 Å². The normalized spacial score (nSPS) is 11.1. The average molecular weight is 361 g/mol. The molecule has 0 bridgehead atoms. The van der Waals surface area contributed by atoms with Crippen LogP contribution in [0.25, 0.3) is 0 Å². The van der Waals surface area contributed by atoms with Gasteiger partial charge in [-0.25, -0.2) is 4.79 Å². The lowest BCUT2D eigenvalue weighted by Crippen LogP contribution is -2.38. The fourth-order valence-corrected chi connectivity index (χ4v) is 2.44. The summed E-state index contributed by atoms with van der Waals surface area (Å²) in [5.41, 5.74) is 2.96. The SMILES string of the molecule is Cc1cc(NC(=O)NCC(C)(C)c2ccccc2)ccc1Br. The predicted molar refractivity (Wildman–Crippen MR) is 95.4 cm³/mol. The number of anilines is 1. The Balaban J connectivity index is 1.93. The number of aryl methyl sites for hydroxylation is 1. The second-order valence-corrected chi connectivity index (χ2v) is 6.88. The molecule has 2 aromatic carbocycles. The Kier molecular flexibility index (Phi) is 5.24. The van der Waals surface area contributed by atoms with Gasteiger partial charge in [-0.15, -0.1) is 0 Å². The number of hydrogen-bond acceptors (Lipinski definition) is 1. The van der Waals surface area contributed by atoms with Gasteiger partial charge in [-0.1, -0.05) is 60.1 Å². The van der Waals surface area contributed by atoms with Crippen molar-refractivity contribution in [3.63, 3.8) is 0 Å². The van der Waals surface area contributed by atoms with Crippen LogP contribution in [0.2, 0.25) is 0 Å². The Morgan fingerprint density at radius 1 is 1.14 bits per heavy atom. The minimum atomic E-state index is -0.189. The first kappa shape index (κ1) is 16.6. The maximum Gasteiger partial charge on any atom is 0.319 e. The van der Waals surface area contributed by atoms with E-state index in [9.17, 15) is 4.79 Å². The van der Waals surface area contributed by atoms with Gasteiger partial charge in [-0.3, -0.25) is 0 Å². The maximum absolute atomic E-state index is 12.1. The summed E-state index contributed by atoms with van der Waals surface area (Å²) in [4.78, 5) is 12.1. The Bertz CT molecular complexity index is 653. The number of hydrogen-bond donors (Lipinski definition) is 2. The van der Waals surface area contributed by atoms with E-state index in [4.69, 9.17) is 0 Å². The molecule has 2 amide bonds. The molecule has 2 N–H and O–H groups in total. The molecule has 0 aliphatic heterocycles. The van der Waals surface area contributed by atoms with Crippen LogP contribution >= 0.6 is 15.9 Å². The maximum atomic E-state index is 12.1. The zero-order valence-electron chi connectivity index (χ0n) is 13.1. The molecule has 0 fully saturated rings. The summed E-state index contributed by atoms with van der Waals surface area (Å²) >= 11 is 3.45. The van der Waals surface area contributed by atoms with Crippen molar-refractivity contribution in [3.05, 3.63) is 64.1 Å². The van der Waals surface area contributed by atoms with Crippen molar-refractivity contribution in [2.75, 3.05) is 11.9 Å². The van der Waals surface area contributed by atoms with Crippen LogP contribution in [0, 0.1) is 6.92 Å². The number of carbonyl (C=O) groups is 1. The second kappa shape index (κ2) is 6.97. The van der Waals surface area contributed by atoms with E-state index in [-0.39, 0.29) is 11.4 Å². The van der Waals surface area contributed by atoms with E-state index in [1.807, 2.05) is 43.3 Å². The smallest absolute Gasteiger partial charge is 0.319 e. The van der Waals surface area contributed by atoms with Gasteiger partial charge in [0.05, 0.1) is 0 Å². The molecule has 0 spiro atoms. The number of urea groups is 1. The molecular weight excluding hydrogens is 340 g/mol. The van der Waals surface area contributed by atoms with E-state index < -0.39 is 0 Å². The highest BCUT2D eigenvalue weighted by molar-refractivity contribution is 9.10. The Labute approximate surface area is 140 Å². The van der Waals surface area contributed by atoms with E-state index in [1.165, 1.54) is 5.56 Å². The van der Waals surface area contributed by atoms with E-state index in [1.54, 1.807) is 0 Å². The molecular formula is C18H21BrN2O. The van der Waals surface area contributed by atoms with E-state index in [0.29, 0.717) is 6.54 Å². The molecule has 0 aliphatic rings. The van der Waals surface area contributed by atoms with Gasteiger partial charge >= 0.3 is 6.03 Å². The van der Waals surface area contributed by atoms with Gasteiger partial charge < -0.3 is 10.6 Å². The van der Waals surface area contributed by atoms with Gasteiger partial charge in [0, 0.05) is 22.1 Å². The standard InChI is InChI=1S/C18H21BrN2O/c1-13-11-15(9-10-16(13)19)21-17(22)20-12-18(2,3)14-7-5-4-6-8-14/h4-11H,12H2,1-3H3,(H2,20,21,22). The Morgan fingerprint density at radius 3 is 2.45 bits per heavy atom. The summed E-state index contributed by atoms with van der Waals surface area (Å²) < 4.78 is 1.03. The van der Waals surface area contributed by atoms with Crippen molar-refractivity contribution in [1.29, 1.82) is 0 Å². The molecule has 22 heavy (non-hydrogen) atoms. The van der Waals surface area contributed by atoms with Crippen LogP contribution in [0.15, 0.2) is 53.0 Å². The van der Waals surface area contributed by atoms with Crippen molar-refractivity contribution < 1.29 is 4.79 Å². The first-order valence-corrected chi connectivity index (χ1v) is 8.04.